The van der Waals surface area contributed by atoms with Crippen LogP contribution in [0.3, 0.4) is 0 Å². The smallest absolute Gasteiger partial charge is 0.311 e. The number of hydrogen-bond acceptors (Lipinski definition) is 4. The molecule has 6 nitrogen and oxygen atoms in total. The third-order valence-electron chi connectivity index (χ3n) is 6.51. The Kier molecular flexibility index (Phi) is 4.43. The van der Waals surface area contributed by atoms with Gasteiger partial charge in [0.15, 0.2) is 0 Å². The van der Waals surface area contributed by atoms with Gasteiger partial charge >= 0.3 is 5.97 Å². The summed E-state index contributed by atoms with van der Waals surface area (Å²) < 4.78 is 1.90. The van der Waals surface area contributed by atoms with Gasteiger partial charge in [0, 0.05) is 49.4 Å². The van der Waals surface area contributed by atoms with Crippen LogP contribution in [0.2, 0.25) is 0 Å². The maximum Gasteiger partial charge on any atom is 0.311 e. The van der Waals surface area contributed by atoms with E-state index in [1.807, 2.05) is 53.3 Å². The van der Waals surface area contributed by atoms with Crippen molar-refractivity contribution in [2.75, 3.05) is 13.1 Å². The summed E-state index contributed by atoms with van der Waals surface area (Å²) in [7, 11) is 0. The van der Waals surface area contributed by atoms with E-state index < -0.39 is 11.4 Å². The molecule has 1 aliphatic carbocycles. The van der Waals surface area contributed by atoms with Gasteiger partial charge in [-0.3, -0.25) is 14.7 Å². The van der Waals surface area contributed by atoms with E-state index in [-0.39, 0.29) is 5.92 Å². The molecule has 2 atom stereocenters. The third kappa shape index (κ3) is 3.13. The second kappa shape index (κ2) is 7.12. The quantitative estimate of drug-likeness (QED) is 0.723. The molecule has 148 valence electrons. The highest BCUT2D eigenvalue weighted by Crippen LogP contribution is 2.49. The van der Waals surface area contributed by atoms with Gasteiger partial charge in [0.1, 0.15) is 0 Å². The van der Waals surface area contributed by atoms with Crippen LogP contribution < -0.4 is 0 Å². The number of pyridine rings is 1. The molecule has 1 aromatic carbocycles. The average molecular weight is 388 g/mol. The normalized spacial score (nSPS) is 23.9. The fourth-order valence-electron chi connectivity index (χ4n) is 5.09. The maximum absolute atomic E-state index is 12.0. The molecule has 29 heavy (non-hydrogen) atoms. The lowest BCUT2D eigenvalue weighted by atomic mass is 9.81. The Morgan fingerprint density at radius 2 is 2.07 bits per heavy atom. The van der Waals surface area contributed by atoms with Crippen LogP contribution in [0.25, 0.3) is 16.9 Å². The van der Waals surface area contributed by atoms with E-state index in [9.17, 15) is 9.90 Å². The molecule has 0 unspecified atom stereocenters. The molecule has 1 saturated carbocycles. The Bertz CT molecular complexity index is 1020. The highest BCUT2D eigenvalue weighted by Gasteiger charge is 2.54. The third-order valence-corrected chi connectivity index (χ3v) is 6.51. The van der Waals surface area contributed by atoms with Crippen molar-refractivity contribution in [3.63, 3.8) is 0 Å². The summed E-state index contributed by atoms with van der Waals surface area (Å²) in [5.74, 6) is -0.374. The van der Waals surface area contributed by atoms with Gasteiger partial charge in [0.05, 0.1) is 16.8 Å². The molecule has 2 aromatic heterocycles. The molecule has 0 radical (unpaired) electrons. The van der Waals surface area contributed by atoms with Gasteiger partial charge in [-0.05, 0) is 43.0 Å². The van der Waals surface area contributed by atoms with Crippen molar-refractivity contribution in [3.8, 4) is 16.9 Å². The monoisotopic (exact) mass is 388 g/mol. The van der Waals surface area contributed by atoms with Gasteiger partial charge in [-0.25, -0.2) is 4.68 Å². The lowest BCUT2D eigenvalue weighted by molar-refractivity contribution is -0.149. The van der Waals surface area contributed by atoms with Gasteiger partial charge in [-0.2, -0.15) is 5.10 Å². The van der Waals surface area contributed by atoms with Crippen LogP contribution in [0.5, 0.6) is 0 Å². The van der Waals surface area contributed by atoms with Crippen molar-refractivity contribution in [2.45, 2.75) is 25.8 Å². The molecule has 5 rings (SSSR count). The number of benzene rings is 1. The first-order chi connectivity index (χ1) is 14.2. The first kappa shape index (κ1) is 18.1. The van der Waals surface area contributed by atoms with Crippen LogP contribution in [0, 0.1) is 11.3 Å². The first-order valence-electron chi connectivity index (χ1n) is 10.2. The predicted octanol–water partition coefficient (Wildman–Crippen LogP) is 3.62. The van der Waals surface area contributed by atoms with Crippen LogP contribution in [0.4, 0.5) is 0 Å². The summed E-state index contributed by atoms with van der Waals surface area (Å²) >= 11 is 0. The van der Waals surface area contributed by atoms with Gasteiger partial charge < -0.3 is 5.11 Å². The van der Waals surface area contributed by atoms with E-state index in [1.54, 1.807) is 6.20 Å². The molecule has 6 heteroatoms. The largest absolute Gasteiger partial charge is 0.481 e. The number of hydrogen-bond donors (Lipinski definition) is 1. The molecular weight excluding hydrogens is 364 g/mol. The summed E-state index contributed by atoms with van der Waals surface area (Å²) in [4.78, 5) is 18.6. The number of para-hydroxylation sites is 1. The van der Waals surface area contributed by atoms with Crippen LogP contribution in [-0.2, 0) is 11.3 Å². The SMILES string of the molecule is O=C(O)[C@@]12CCC[C@H]1CN(Cc1cn(-c3ccccc3)nc1-c1cccnc1)C2. The molecule has 1 aliphatic heterocycles. The molecule has 1 saturated heterocycles. The van der Waals surface area contributed by atoms with Crippen LogP contribution in [0.15, 0.2) is 61.1 Å². The highest BCUT2D eigenvalue weighted by molar-refractivity contribution is 5.76. The Morgan fingerprint density at radius 1 is 1.21 bits per heavy atom. The lowest BCUT2D eigenvalue weighted by Gasteiger charge is -2.23. The number of likely N-dealkylation sites (tertiary alicyclic amines) is 1. The molecule has 2 fully saturated rings. The van der Waals surface area contributed by atoms with Crippen LogP contribution in [-0.4, -0.2) is 43.8 Å². The lowest BCUT2D eigenvalue weighted by Crippen LogP contribution is -2.35. The molecule has 0 bridgehead atoms. The minimum absolute atomic E-state index is 0.256. The number of fused-ring (bicyclic) bond motifs is 1. The predicted molar refractivity (Wildman–Crippen MR) is 109 cm³/mol. The molecule has 1 N–H and O–H groups in total. The molecule has 3 aromatic rings. The number of aromatic nitrogens is 3. The van der Waals surface area contributed by atoms with Crippen molar-refractivity contribution >= 4 is 5.97 Å². The van der Waals surface area contributed by atoms with E-state index in [0.29, 0.717) is 13.1 Å². The van der Waals surface area contributed by atoms with Crippen molar-refractivity contribution in [1.29, 1.82) is 0 Å². The van der Waals surface area contributed by atoms with Gasteiger partial charge in [0.2, 0.25) is 0 Å². The molecular formula is C23H24N4O2. The number of carboxylic acids is 1. The minimum Gasteiger partial charge on any atom is -0.481 e. The maximum atomic E-state index is 12.0. The van der Waals surface area contributed by atoms with E-state index in [2.05, 4.69) is 16.1 Å². The Labute approximate surface area is 169 Å². The Balaban J connectivity index is 1.48. The standard InChI is InChI=1S/C23H24N4O2/c28-22(29)23-10-4-7-19(23)15-26(16-23)13-18-14-27(20-8-2-1-3-9-20)25-21(18)17-6-5-11-24-12-17/h1-3,5-6,8-9,11-12,14,19H,4,7,10,13,15-16H2,(H,28,29)/t19-,23+/m0/s1. The number of carboxylic acid groups (broad SMARTS) is 1. The van der Waals surface area contributed by atoms with E-state index in [0.717, 1.165) is 48.3 Å². The zero-order valence-corrected chi connectivity index (χ0v) is 16.2. The first-order valence-corrected chi connectivity index (χ1v) is 10.2. The zero-order valence-electron chi connectivity index (χ0n) is 16.2. The summed E-state index contributed by atoms with van der Waals surface area (Å²) in [6, 6.07) is 14.0. The molecule has 2 aliphatic rings. The fraction of sp³-hybridized carbons (Fsp3) is 0.348. The van der Waals surface area contributed by atoms with E-state index in [1.165, 1.54) is 0 Å². The van der Waals surface area contributed by atoms with Gasteiger partial charge in [-0.15, -0.1) is 0 Å². The van der Waals surface area contributed by atoms with Crippen molar-refractivity contribution < 1.29 is 9.90 Å². The number of aliphatic carboxylic acids is 1. The second-order valence-electron chi connectivity index (χ2n) is 8.24. The number of nitrogens with zero attached hydrogens (tertiary/aromatic N) is 4. The van der Waals surface area contributed by atoms with Crippen molar-refractivity contribution in [1.82, 2.24) is 19.7 Å². The zero-order chi connectivity index (χ0) is 19.8. The van der Waals surface area contributed by atoms with Gasteiger partial charge in [-0.1, -0.05) is 24.6 Å². The van der Waals surface area contributed by atoms with E-state index >= 15 is 0 Å². The van der Waals surface area contributed by atoms with Crippen LogP contribution in [0.1, 0.15) is 24.8 Å². The van der Waals surface area contributed by atoms with E-state index in [4.69, 9.17) is 5.10 Å². The molecule has 0 spiro atoms. The molecule has 3 heterocycles. The summed E-state index contributed by atoms with van der Waals surface area (Å²) in [5, 5.41) is 14.7. The fourth-order valence-corrected chi connectivity index (χ4v) is 5.09. The van der Waals surface area contributed by atoms with Crippen molar-refractivity contribution in [3.05, 3.63) is 66.6 Å². The second-order valence-corrected chi connectivity index (χ2v) is 8.24. The molecule has 0 amide bonds. The summed E-state index contributed by atoms with van der Waals surface area (Å²) in [5.41, 5.74) is 3.42. The highest BCUT2D eigenvalue weighted by atomic mass is 16.4. The Morgan fingerprint density at radius 3 is 2.79 bits per heavy atom. The number of carbonyl (C=O) groups is 1. The summed E-state index contributed by atoms with van der Waals surface area (Å²) in [6.45, 7) is 2.16. The van der Waals surface area contributed by atoms with Gasteiger partial charge in [0.25, 0.3) is 0 Å². The average Bonchev–Trinajstić information content (AvgIpc) is 3.42. The van der Waals surface area contributed by atoms with Crippen LogP contribution >= 0.6 is 0 Å². The Hall–Kier alpha value is -2.99. The number of rotatable bonds is 5. The van der Waals surface area contributed by atoms with Crippen molar-refractivity contribution in [2.24, 2.45) is 11.3 Å². The topological polar surface area (TPSA) is 71.2 Å². The minimum atomic E-state index is -0.630. The summed E-state index contributed by atoms with van der Waals surface area (Å²) in [6.07, 6.45) is 8.49.